The summed E-state index contributed by atoms with van der Waals surface area (Å²) in [5, 5.41) is 0.439. The van der Waals surface area contributed by atoms with Gasteiger partial charge in [-0.05, 0) is 63.1 Å². The summed E-state index contributed by atoms with van der Waals surface area (Å²) in [6.07, 6.45) is 1.83. The standard InChI is InChI=1S/C13H10BrClFIN2/c1-2-3-10-11(17)12(15)19-13(18-10)7-4-5-9(16)8(14)6-7/h4-6H,2-3H2,1H3. The third kappa shape index (κ3) is 3.44. The molecule has 2 aromatic rings. The smallest absolute Gasteiger partial charge is 0.161 e. The molecule has 0 aliphatic carbocycles. The first kappa shape index (κ1) is 15.1. The van der Waals surface area contributed by atoms with Crippen molar-refractivity contribution in [2.24, 2.45) is 0 Å². The van der Waals surface area contributed by atoms with Gasteiger partial charge < -0.3 is 0 Å². The Morgan fingerprint density at radius 2 is 2.11 bits per heavy atom. The highest BCUT2D eigenvalue weighted by Crippen LogP contribution is 2.27. The van der Waals surface area contributed by atoms with Crippen molar-refractivity contribution in [3.63, 3.8) is 0 Å². The second-order valence-corrected chi connectivity index (χ2v) is 6.27. The largest absolute Gasteiger partial charge is 0.232 e. The van der Waals surface area contributed by atoms with Gasteiger partial charge in [0.25, 0.3) is 0 Å². The van der Waals surface area contributed by atoms with Gasteiger partial charge in [0.15, 0.2) is 5.82 Å². The number of halogens is 4. The molecule has 0 aliphatic rings. The molecule has 0 spiro atoms. The van der Waals surface area contributed by atoms with Crippen LogP contribution < -0.4 is 0 Å². The van der Waals surface area contributed by atoms with Gasteiger partial charge in [0.05, 0.1) is 13.7 Å². The molecule has 1 heterocycles. The van der Waals surface area contributed by atoms with E-state index in [0.717, 1.165) is 27.7 Å². The highest BCUT2D eigenvalue weighted by atomic mass is 127. The number of aromatic nitrogens is 2. The molecule has 1 aromatic heterocycles. The Labute approximate surface area is 138 Å². The average Bonchev–Trinajstić information content (AvgIpc) is 2.38. The molecule has 2 rings (SSSR count). The molecule has 1 aromatic carbocycles. The van der Waals surface area contributed by atoms with Crippen LogP contribution in [0.4, 0.5) is 4.39 Å². The van der Waals surface area contributed by atoms with Crippen LogP contribution in [0.5, 0.6) is 0 Å². The van der Waals surface area contributed by atoms with E-state index in [9.17, 15) is 4.39 Å². The second-order valence-electron chi connectivity index (χ2n) is 3.98. The van der Waals surface area contributed by atoms with Crippen LogP contribution >= 0.6 is 50.1 Å². The SMILES string of the molecule is CCCc1nc(-c2ccc(F)c(Br)c2)nc(Cl)c1I. The third-order valence-corrected chi connectivity index (χ3v) is 4.88. The second kappa shape index (κ2) is 6.45. The molecule has 100 valence electrons. The van der Waals surface area contributed by atoms with Gasteiger partial charge in [-0.25, -0.2) is 14.4 Å². The molecule has 2 nitrogen and oxygen atoms in total. The van der Waals surface area contributed by atoms with Crippen LogP contribution in [0.1, 0.15) is 19.0 Å². The van der Waals surface area contributed by atoms with Crippen molar-refractivity contribution >= 4 is 50.1 Å². The predicted molar refractivity (Wildman–Crippen MR) is 86.8 cm³/mol. The first-order chi connectivity index (χ1) is 9.02. The Kier molecular flexibility index (Phi) is 5.14. The summed E-state index contributed by atoms with van der Waals surface area (Å²) in [4.78, 5) is 8.78. The van der Waals surface area contributed by atoms with E-state index in [0.29, 0.717) is 15.5 Å². The Bertz CT molecular complexity index is 622. The molecule has 0 saturated heterocycles. The Morgan fingerprint density at radius 1 is 1.37 bits per heavy atom. The van der Waals surface area contributed by atoms with Crippen molar-refractivity contribution in [1.29, 1.82) is 0 Å². The van der Waals surface area contributed by atoms with Crippen LogP contribution in [0, 0.1) is 9.39 Å². The molecule has 0 N–H and O–H groups in total. The zero-order valence-corrected chi connectivity index (χ0v) is 14.6. The lowest BCUT2D eigenvalue weighted by molar-refractivity contribution is 0.621. The monoisotopic (exact) mass is 454 g/mol. The minimum atomic E-state index is -0.311. The summed E-state index contributed by atoms with van der Waals surface area (Å²) in [7, 11) is 0. The van der Waals surface area contributed by atoms with E-state index in [1.54, 1.807) is 12.1 Å². The maximum Gasteiger partial charge on any atom is 0.161 e. The summed E-state index contributed by atoms with van der Waals surface area (Å²) in [5.74, 6) is 0.212. The van der Waals surface area contributed by atoms with Gasteiger partial charge in [0.2, 0.25) is 0 Å². The fourth-order valence-corrected chi connectivity index (χ4v) is 2.71. The van der Waals surface area contributed by atoms with Crippen LogP contribution in [-0.2, 0) is 6.42 Å². The van der Waals surface area contributed by atoms with Gasteiger partial charge in [-0.15, -0.1) is 0 Å². The number of benzene rings is 1. The van der Waals surface area contributed by atoms with Crippen molar-refractivity contribution in [3.05, 3.63) is 42.9 Å². The topological polar surface area (TPSA) is 25.8 Å². The molecule has 0 unspecified atom stereocenters. The molecular weight excluding hydrogens is 445 g/mol. The zero-order valence-electron chi connectivity index (χ0n) is 10.1. The number of hydrogen-bond acceptors (Lipinski definition) is 2. The van der Waals surface area contributed by atoms with Gasteiger partial charge in [-0.1, -0.05) is 24.9 Å². The molecule has 0 radical (unpaired) electrons. The number of hydrogen-bond donors (Lipinski definition) is 0. The Hall–Kier alpha value is -0.270. The molecule has 6 heteroatoms. The summed E-state index contributed by atoms with van der Waals surface area (Å²) in [6, 6.07) is 4.69. The zero-order chi connectivity index (χ0) is 14.0. The van der Waals surface area contributed by atoms with E-state index < -0.39 is 0 Å². The fraction of sp³-hybridized carbons (Fsp3) is 0.231. The van der Waals surface area contributed by atoms with Crippen LogP contribution in [0.15, 0.2) is 22.7 Å². The van der Waals surface area contributed by atoms with E-state index in [1.807, 2.05) is 0 Å². The maximum absolute atomic E-state index is 13.2. The molecule has 0 atom stereocenters. The van der Waals surface area contributed by atoms with Crippen LogP contribution in [0.2, 0.25) is 5.15 Å². The lowest BCUT2D eigenvalue weighted by Crippen LogP contribution is -2.00. The van der Waals surface area contributed by atoms with E-state index >= 15 is 0 Å². The molecule has 0 fully saturated rings. The molecule has 0 saturated carbocycles. The van der Waals surface area contributed by atoms with Gasteiger partial charge in [-0.3, -0.25) is 0 Å². The maximum atomic E-state index is 13.2. The normalized spacial score (nSPS) is 10.8. The highest BCUT2D eigenvalue weighted by Gasteiger charge is 2.12. The highest BCUT2D eigenvalue weighted by molar-refractivity contribution is 14.1. The first-order valence-corrected chi connectivity index (χ1v) is 7.95. The summed E-state index contributed by atoms with van der Waals surface area (Å²) < 4.78 is 14.5. The summed E-state index contributed by atoms with van der Waals surface area (Å²) in [6.45, 7) is 2.08. The summed E-state index contributed by atoms with van der Waals surface area (Å²) in [5.41, 5.74) is 1.67. The Balaban J connectivity index is 2.52. The first-order valence-electron chi connectivity index (χ1n) is 5.70. The van der Waals surface area contributed by atoms with Crippen molar-refractivity contribution in [2.75, 3.05) is 0 Å². The van der Waals surface area contributed by atoms with E-state index in [1.165, 1.54) is 6.07 Å². The molecule has 0 amide bonds. The molecule has 19 heavy (non-hydrogen) atoms. The van der Waals surface area contributed by atoms with Gasteiger partial charge in [-0.2, -0.15) is 0 Å². The van der Waals surface area contributed by atoms with Crippen molar-refractivity contribution in [1.82, 2.24) is 9.97 Å². The third-order valence-electron chi connectivity index (χ3n) is 2.54. The number of aryl methyl sites for hydroxylation is 1. The van der Waals surface area contributed by atoms with Crippen molar-refractivity contribution < 1.29 is 4.39 Å². The van der Waals surface area contributed by atoms with Crippen molar-refractivity contribution in [2.45, 2.75) is 19.8 Å². The molecule has 0 bridgehead atoms. The average molecular weight is 455 g/mol. The van der Waals surface area contributed by atoms with Gasteiger partial charge >= 0.3 is 0 Å². The van der Waals surface area contributed by atoms with Gasteiger partial charge in [0, 0.05) is 5.56 Å². The Morgan fingerprint density at radius 3 is 2.74 bits per heavy atom. The fourth-order valence-electron chi connectivity index (χ4n) is 1.63. The number of rotatable bonds is 3. The van der Waals surface area contributed by atoms with Crippen LogP contribution in [-0.4, -0.2) is 9.97 Å². The summed E-state index contributed by atoms with van der Waals surface area (Å²) >= 11 is 11.4. The lowest BCUT2D eigenvalue weighted by atomic mass is 10.2. The minimum absolute atomic E-state index is 0.311. The van der Waals surface area contributed by atoms with E-state index in [2.05, 4.69) is 55.4 Å². The lowest BCUT2D eigenvalue weighted by Gasteiger charge is -2.08. The van der Waals surface area contributed by atoms with Crippen molar-refractivity contribution in [3.8, 4) is 11.4 Å². The quantitative estimate of drug-likeness (QED) is 0.466. The molecule has 0 aliphatic heterocycles. The molecular formula is C13H10BrClFIN2. The van der Waals surface area contributed by atoms with Crippen LogP contribution in [0.25, 0.3) is 11.4 Å². The minimum Gasteiger partial charge on any atom is -0.232 e. The van der Waals surface area contributed by atoms with E-state index in [-0.39, 0.29) is 5.82 Å². The number of nitrogens with zero attached hydrogens (tertiary/aromatic N) is 2. The van der Waals surface area contributed by atoms with Crippen LogP contribution in [0.3, 0.4) is 0 Å². The van der Waals surface area contributed by atoms with Gasteiger partial charge in [0.1, 0.15) is 11.0 Å². The predicted octanol–water partition coefficient (Wildman–Crippen LogP) is 5.26. The van der Waals surface area contributed by atoms with E-state index in [4.69, 9.17) is 11.6 Å².